The van der Waals surface area contributed by atoms with E-state index < -0.39 is 41.0 Å². The highest BCUT2D eigenvalue weighted by molar-refractivity contribution is 6.30. The minimum atomic E-state index is -4.86. The molecule has 0 aromatic carbocycles. The van der Waals surface area contributed by atoms with Crippen LogP contribution >= 0.6 is 11.6 Å². The number of nitriles is 1. The molecular weight excluding hydrogens is 267 g/mol. The number of aromatic nitrogens is 1. The second-order valence-electron chi connectivity index (χ2n) is 3.00. The zero-order chi connectivity index (χ0) is 13.2. The lowest BCUT2D eigenvalue weighted by Crippen LogP contribution is -2.10. The Bertz CT molecular complexity index is 464. The zero-order valence-corrected chi connectivity index (χ0v) is 8.78. The SMILES string of the molecule is N#CCc1nc(Cl)c(C(F)(F)F)cc1C(F)F. The largest absolute Gasteiger partial charge is 0.419 e. The Kier molecular flexibility index (Phi) is 3.88. The Morgan fingerprint density at radius 2 is 2.00 bits per heavy atom. The van der Waals surface area contributed by atoms with Gasteiger partial charge in [-0.2, -0.15) is 18.4 Å². The van der Waals surface area contributed by atoms with Gasteiger partial charge in [0.2, 0.25) is 0 Å². The fourth-order valence-corrected chi connectivity index (χ4v) is 1.41. The molecule has 0 aliphatic carbocycles. The smallest absolute Gasteiger partial charge is 0.239 e. The van der Waals surface area contributed by atoms with Crippen molar-refractivity contribution in [2.45, 2.75) is 19.0 Å². The normalized spacial score (nSPS) is 11.6. The summed E-state index contributed by atoms with van der Waals surface area (Å²) < 4.78 is 62.1. The Hall–Kier alpha value is -1.42. The van der Waals surface area contributed by atoms with Crippen LogP contribution in [-0.2, 0) is 12.6 Å². The average Bonchev–Trinajstić information content (AvgIpc) is 2.15. The summed E-state index contributed by atoms with van der Waals surface area (Å²) in [5.41, 5.74) is -2.81. The molecule has 0 saturated heterocycles. The molecule has 0 aliphatic heterocycles. The monoisotopic (exact) mass is 270 g/mol. The fourth-order valence-electron chi connectivity index (χ4n) is 1.15. The molecule has 0 bridgehead atoms. The van der Waals surface area contributed by atoms with E-state index in [0.29, 0.717) is 0 Å². The van der Waals surface area contributed by atoms with Crippen LogP contribution in [0.1, 0.15) is 23.2 Å². The number of rotatable bonds is 2. The molecule has 8 heteroatoms. The third-order valence-electron chi connectivity index (χ3n) is 1.88. The van der Waals surface area contributed by atoms with Gasteiger partial charge in [-0.1, -0.05) is 11.6 Å². The van der Waals surface area contributed by atoms with Gasteiger partial charge in [-0.15, -0.1) is 0 Å². The number of hydrogen-bond donors (Lipinski definition) is 0. The predicted octanol–water partition coefficient (Wildman–Crippen LogP) is 3.76. The summed E-state index contributed by atoms with van der Waals surface area (Å²) in [4.78, 5) is 3.19. The summed E-state index contributed by atoms with van der Waals surface area (Å²) in [5.74, 6) is 0. The van der Waals surface area contributed by atoms with E-state index in [1.165, 1.54) is 6.07 Å². The van der Waals surface area contributed by atoms with Crippen LogP contribution in [0.3, 0.4) is 0 Å². The summed E-state index contributed by atoms with van der Waals surface area (Å²) >= 11 is 5.24. The number of halogens is 6. The van der Waals surface area contributed by atoms with E-state index in [1.807, 2.05) is 0 Å². The number of hydrogen-bond acceptors (Lipinski definition) is 2. The van der Waals surface area contributed by atoms with Gasteiger partial charge in [0.25, 0.3) is 6.43 Å². The first kappa shape index (κ1) is 13.6. The van der Waals surface area contributed by atoms with Crippen molar-refractivity contribution in [1.29, 1.82) is 5.26 Å². The van der Waals surface area contributed by atoms with E-state index in [9.17, 15) is 22.0 Å². The number of pyridine rings is 1. The lowest BCUT2D eigenvalue weighted by atomic mass is 10.1. The highest BCUT2D eigenvalue weighted by Gasteiger charge is 2.35. The van der Waals surface area contributed by atoms with Crippen LogP contribution in [0.25, 0.3) is 0 Å². The van der Waals surface area contributed by atoms with Crippen LogP contribution in [0.5, 0.6) is 0 Å². The van der Waals surface area contributed by atoms with Crippen LogP contribution in [0.4, 0.5) is 22.0 Å². The lowest BCUT2D eigenvalue weighted by molar-refractivity contribution is -0.137. The first-order chi connectivity index (χ1) is 7.77. The summed E-state index contributed by atoms with van der Waals surface area (Å²) in [6, 6.07) is 1.76. The summed E-state index contributed by atoms with van der Waals surface area (Å²) in [6.07, 6.45) is -8.54. The van der Waals surface area contributed by atoms with Crippen molar-refractivity contribution in [3.8, 4) is 6.07 Å². The van der Waals surface area contributed by atoms with Crippen LogP contribution < -0.4 is 0 Å². The molecule has 92 valence electrons. The van der Waals surface area contributed by atoms with Gasteiger partial charge in [-0.05, 0) is 6.07 Å². The van der Waals surface area contributed by atoms with Gasteiger partial charge in [0.15, 0.2) is 0 Å². The lowest BCUT2D eigenvalue weighted by Gasteiger charge is -2.12. The van der Waals surface area contributed by atoms with Crippen molar-refractivity contribution in [3.05, 3.63) is 28.0 Å². The van der Waals surface area contributed by atoms with Gasteiger partial charge in [0.05, 0.1) is 23.7 Å². The van der Waals surface area contributed by atoms with Gasteiger partial charge in [-0.25, -0.2) is 13.8 Å². The maximum absolute atomic E-state index is 12.5. The molecule has 0 amide bonds. The first-order valence-corrected chi connectivity index (χ1v) is 4.56. The first-order valence-electron chi connectivity index (χ1n) is 4.19. The van der Waals surface area contributed by atoms with Gasteiger partial charge in [0, 0.05) is 5.56 Å². The van der Waals surface area contributed by atoms with Gasteiger partial charge in [0.1, 0.15) is 5.15 Å². The molecule has 0 saturated carbocycles. The van der Waals surface area contributed by atoms with E-state index in [-0.39, 0.29) is 6.07 Å². The molecule has 1 aromatic rings. The molecule has 0 unspecified atom stereocenters. The quantitative estimate of drug-likeness (QED) is 0.606. The fraction of sp³-hybridized carbons (Fsp3) is 0.333. The molecule has 2 nitrogen and oxygen atoms in total. The minimum Gasteiger partial charge on any atom is -0.239 e. The Morgan fingerprint density at radius 1 is 1.41 bits per heavy atom. The van der Waals surface area contributed by atoms with E-state index in [4.69, 9.17) is 16.9 Å². The highest BCUT2D eigenvalue weighted by Crippen LogP contribution is 2.36. The molecule has 0 aliphatic rings. The molecule has 0 atom stereocenters. The second kappa shape index (κ2) is 4.84. The van der Waals surface area contributed by atoms with Crippen molar-refractivity contribution in [2.75, 3.05) is 0 Å². The topological polar surface area (TPSA) is 36.7 Å². The van der Waals surface area contributed by atoms with Crippen molar-refractivity contribution >= 4 is 11.6 Å². The van der Waals surface area contributed by atoms with E-state index in [1.54, 1.807) is 0 Å². The van der Waals surface area contributed by atoms with Crippen molar-refractivity contribution in [3.63, 3.8) is 0 Å². The van der Waals surface area contributed by atoms with Crippen molar-refractivity contribution < 1.29 is 22.0 Å². The average molecular weight is 271 g/mol. The standard InChI is InChI=1S/C9H4ClF5N2/c10-7-5(9(13,14)15)3-4(8(11)12)6(17-7)1-2-16/h3,8H,1H2. The Morgan fingerprint density at radius 3 is 2.41 bits per heavy atom. The maximum Gasteiger partial charge on any atom is 0.419 e. The molecule has 0 spiro atoms. The van der Waals surface area contributed by atoms with E-state index in [0.717, 1.165) is 0 Å². The van der Waals surface area contributed by atoms with Crippen molar-refractivity contribution in [2.24, 2.45) is 0 Å². The van der Waals surface area contributed by atoms with Crippen LogP contribution in [0.2, 0.25) is 5.15 Å². The number of alkyl halides is 5. The van der Waals surface area contributed by atoms with Crippen LogP contribution in [0.15, 0.2) is 6.07 Å². The maximum atomic E-state index is 12.5. The van der Waals surface area contributed by atoms with E-state index >= 15 is 0 Å². The molecule has 1 heterocycles. The summed E-state index contributed by atoms with van der Waals surface area (Å²) in [5, 5.41) is 7.41. The molecule has 1 rings (SSSR count). The van der Waals surface area contributed by atoms with Gasteiger partial charge < -0.3 is 0 Å². The predicted molar refractivity (Wildman–Crippen MR) is 48.5 cm³/mol. The highest BCUT2D eigenvalue weighted by atomic mass is 35.5. The zero-order valence-electron chi connectivity index (χ0n) is 8.02. The van der Waals surface area contributed by atoms with Gasteiger partial charge >= 0.3 is 6.18 Å². The molecule has 0 N–H and O–H groups in total. The molecule has 0 radical (unpaired) electrons. The second-order valence-corrected chi connectivity index (χ2v) is 3.35. The molecular formula is C9H4ClF5N2. The number of nitrogens with zero attached hydrogens (tertiary/aromatic N) is 2. The van der Waals surface area contributed by atoms with Gasteiger partial charge in [-0.3, -0.25) is 0 Å². The van der Waals surface area contributed by atoms with E-state index in [2.05, 4.69) is 4.98 Å². The van der Waals surface area contributed by atoms with Crippen molar-refractivity contribution in [1.82, 2.24) is 4.98 Å². The summed E-state index contributed by atoms with van der Waals surface area (Å²) in [6.45, 7) is 0. The Balaban J connectivity index is 3.41. The molecule has 1 aromatic heterocycles. The van der Waals surface area contributed by atoms with Crippen LogP contribution in [0, 0.1) is 11.3 Å². The molecule has 17 heavy (non-hydrogen) atoms. The third-order valence-corrected chi connectivity index (χ3v) is 2.16. The Labute approximate surface area is 97.6 Å². The third kappa shape index (κ3) is 3.03. The minimum absolute atomic E-state index is 0.229. The van der Waals surface area contributed by atoms with Crippen LogP contribution in [-0.4, -0.2) is 4.98 Å². The summed E-state index contributed by atoms with van der Waals surface area (Å²) in [7, 11) is 0. The molecule has 0 fully saturated rings.